The highest BCUT2D eigenvalue weighted by atomic mass is 16.5. The van der Waals surface area contributed by atoms with Crippen molar-refractivity contribution in [1.29, 1.82) is 0 Å². The number of benzene rings is 1. The lowest BCUT2D eigenvalue weighted by Gasteiger charge is -2.06. The number of hydrogen-bond acceptors (Lipinski definition) is 4. The predicted molar refractivity (Wildman–Crippen MR) is 89.5 cm³/mol. The quantitative estimate of drug-likeness (QED) is 0.734. The molecular formula is C17H23N3O3. The molecule has 0 aliphatic rings. The first-order valence-corrected chi connectivity index (χ1v) is 7.66. The minimum absolute atomic E-state index is 0.119. The molecule has 0 fully saturated rings. The minimum atomic E-state index is -0.119. The molecule has 23 heavy (non-hydrogen) atoms. The molecule has 0 spiro atoms. The molecule has 6 heteroatoms. The van der Waals surface area contributed by atoms with E-state index in [1.54, 1.807) is 13.2 Å². The van der Waals surface area contributed by atoms with Gasteiger partial charge in [-0.05, 0) is 18.1 Å². The van der Waals surface area contributed by atoms with Gasteiger partial charge in [0.2, 0.25) is 5.91 Å². The van der Waals surface area contributed by atoms with E-state index in [4.69, 9.17) is 9.47 Å². The molecule has 1 heterocycles. The van der Waals surface area contributed by atoms with E-state index in [0.717, 1.165) is 17.0 Å². The lowest BCUT2D eigenvalue weighted by atomic mass is 10.1. The van der Waals surface area contributed by atoms with E-state index in [-0.39, 0.29) is 5.91 Å². The van der Waals surface area contributed by atoms with Gasteiger partial charge in [-0.1, -0.05) is 26.0 Å². The van der Waals surface area contributed by atoms with Gasteiger partial charge in [-0.25, -0.2) is 0 Å². The third-order valence-corrected chi connectivity index (χ3v) is 3.17. The van der Waals surface area contributed by atoms with Gasteiger partial charge in [0.25, 0.3) is 0 Å². The summed E-state index contributed by atoms with van der Waals surface area (Å²) in [5, 5.41) is 9.78. The zero-order valence-corrected chi connectivity index (χ0v) is 13.8. The number of nitrogens with one attached hydrogen (secondary N) is 2. The van der Waals surface area contributed by atoms with Crippen LogP contribution in [0.4, 0.5) is 5.82 Å². The highest BCUT2D eigenvalue weighted by Gasteiger charge is 2.10. The largest absolute Gasteiger partial charge is 0.496 e. The van der Waals surface area contributed by atoms with Crippen LogP contribution in [0.15, 0.2) is 30.3 Å². The lowest BCUT2D eigenvalue weighted by molar-refractivity contribution is -0.117. The number of H-pyrrole nitrogens is 1. The molecule has 0 aliphatic carbocycles. The number of anilines is 1. The van der Waals surface area contributed by atoms with E-state index in [2.05, 4.69) is 29.4 Å². The van der Waals surface area contributed by atoms with Gasteiger partial charge < -0.3 is 14.8 Å². The molecule has 0 unspecified atom stereocenters. The van der Waals surface area contributed by atoms with Gasteiger partial charge in [0.1, 0.15) is 5.75 Å². The van der Waals surface area contributed by atoms with Gasteiger partial charge in [0, 0.05) is 18.2 Å². The molecule has 0 saturated carbocycles. The monoisotopic (exact) mass is 317 g/mol. The first-order chi connectivity index (χ1) is 11.1. The fraction of sp³-hybridized carbons (Fsp3) is 0.412. The summed E-state index contributed by atoms with van der Waals surface area (Å²) in [4.78, 5) is 11.9. The number of nitrogens with zero attached hydrogens (tertiary/aromatic N) is 1. The fourth-order valence-electron chi connectivity index (χ4n) is 2.08. The normalized spacial score (nSPS) is 10.8. The Morgan fingerprint density at radius 3 is 2.87 bits per heavy atom. The minimum Gasteiger partial charge on any atom is -0.496 e. The maximum Gasteiger partial charge on any atom is 0.227 e. The number of carbonyl (C=O) groups excluding carboxylic acids is 1. The van der Waals surface area contributed by atoms with E-state index >= 15 is 0 Å². The van der Waals surface area contributed by atoms with Crippen molar-refractivity contribution in [2.75, 3.05) is 25.6 Å². The first kappa shape index (κ1) is 17.0. The highest BCUT2D eigenvalue weighted by molar-refractivity contribution is 5.90. The number of rotatable bonds is 8. The third-order valence-electron chi connectivity index (χ3n) is 3.17. The SMILES string of the molecule is COc1ccccc1-c1cc(NC(=O)CCOCC(C)C)n[nH]1. The highest BCUT2D eigenvalue weighted by Crippen LogP contribution is 2.29. The van der Waals surface area contributed by atoms with Gasteiger partial charge in [0.05, 0.1) is 25.8 Å². The summed E-state index contributed by atoms with van der Waals surface area (Å²) in [6, 6.07) is 9.41. The van der Waals surface area contributed by atoms with Crippen molar-refractivity contribution in [2.24, 2.45) is 5.92 Å². The van der Waals surface area contributed by atoms with Crippen molar-refractivity contribution in [3.8, 4) is 17.0 Å². The van der Waals surface area contributed by atoms with Crippen molar-refractivity contribution in [1.82, 2.24) is 10.2 Å². The van der Waals surface area contributed by atoms with E-state index in [1.165, 1.54) is 0 Å². The number of hydrogen-bond donors (Lipinski definition) is 2. The van der Waals surface area contributed by atoms with Gasteiger partial charge in [-0.2, -0.15) is 5.10 Å². The molecule has 2 rings (SSSR count). The van der Waals surface area contributed by atoms with Crippen LogP contribution in [-0.2, 0) is 9.53 Å². The van der Waals surface area contributed by atoms with Crippen LogP contribution >= 0.6 is 0 Å². The van der Waals surface area contributed by atoms with Crippen LogP contribution in [0.2, 0.25) is 0 Å². The van der Waals surface area contributed by atoms with Crippen LogP contribution in [0, 0.1) is 5.92 Å². The Hall–Kier alpha value is -2.34. The molecule has 0 saturated heterocycles. The van der Waals surface area contributed by atoms with Crippen molar-refractivity contribution in [3.63, 3.8) is 0 Å². The Morgan fingerprint density at radius 1 is 1.35 bits per heavy atom. The fourth-order valence-corrected chi connectivity index (χ4v) is 2.08. The van der Waals surface area contributed by atoms with Crippen LogP contribution in [0.1, 0.15) is 20.3 Å². The number of aromatic amines is 1. The second-order valence-corrected chi connectivity index (χ2v) is 5.63. The average molecular weight is 317 g/mol. The maximum atomic E-state index is 11.9. The number of aromatic nitrogens is 2. The average Bonchev–Trinajstić information content (AvgIpc) is 2.99. The van der Waals surface area contributed by atoms with E-state index < -0.39 is 0 Å². The van der Waals surface area contributed by atoms with E-state index in [0.29, 0.717) is 31.4 Å². The Bertz CT molecular complexity index is 638. The van der Waals surface area contributed by atoms with Gasteiger partial charge in [-0.15, -0.1) is 0 Å². The number of para-hydroxylation sites is 1. The molecule has 0 bridgehead atoms. The molecule has 0 aliphatic heterocycles. The molecule has 0 atom stereocenters. The molecule has 124 valence electrons. The summed E-state index contributed by atoms with van der Waals surface area (Å²) in [6.45, 7) is 5.22. The van der Waals surface area contributed by atoms with E-state index in [1.807, 2.05) is 24.3 Å². The lowest BCUT2D eigenvalue weighted by Crippen LogP contribution is -2.15. The van der Waals surface area contributed by atoms with E-state index in [9.17, 15) is 4.79 Å². The summed E-state index contributed by atoms with van der Waals surface area (Å²) < 4.78 is 10.7. The predicted octanol–water partition coefficient (Wildman–Crippen LogP) is 3.09. The Morgan fingerprint density at radius 2 is 2.13 bits per heavy atom. The van der Waals surface area contributed by atoms with Crippen molar-refractivity contribution in [3.05, 3.63) is 30.3 Å². The molecular weight excluding hydrogens is 294 g/mol. The zero-order valence-electron chi connectivity index (χ0n) is 13.8. The number of ether oxygens (including phenoxy) is 2. The molecule has 2 N–H and O–H groups in total. The molecule has 6 nitrogen and oxygen atoms in total. The summed E-state index contributed by atoms with van der Waals surface area (Å²) in [6.07, 6.45) is 0.309. The summed E-state index contributed by atoms with van der Waals surface area (Å²) in [5.74, 6) is 1.58. The molecule has 2 aromatic rings. The van der Waals surface area contributed by atoms with Crippen LogP contribution in [0.25, 0.3) is 11.3 Å². The number of methoxy groups -OCH3 is 1. The van der Waals surface area contributed by atoms with Gasteiger partial charge in [0.15, 0.2) is 5.82 Å². The van der Waals surface area contributed by atoms with Crippen LogP contribution in [0.3, 0.4) is 0 Å². The van der Waals surface area contributed by atoms with Crippen molar-refractivity contribution in [2.45, 2.75) is 20.3 Å². The summed E-state index contributed by atoms with van der Waals surface area (Å²) in [5.41, 5.74) is 1.68. The standard InChI is InChI=1S/C17H23N3O3/c1-12(2)11-23-9-8-17(21)18-16-10-14(19-20-16)13-6-4-5-7-15(13)22-3/h4-7,10,12H,8-9,11H2,1-3H3,(H2,18,19,20,21). The van der Waals surface area contributed by atoms with Gasteiger partial charge in [-0.3, -0.25) is 9.89 Å². The molecule has 0 radical (unpaired) electrons. The Kier molecular flexibility index (Phi) is 6.17. The van der Waals surface area contributed by atoms with Crippen molar-refractivity contribution >= 4 is 11.7 Å². The molecule has 1 aromatic carbocycles. The first-order valence-electron chi connectivity index (χ1n) is 7.66. The number of carbonyl (C=O) groups is 1. The third kappa shape index (κ3) is 5.10. The van der Waals surface area contributed by atoms with Crippen molar-refractivity contribution < 1.29 is 14.3 Å². The van der Waals surface area contributed by atoms with Gasteiger partial charge >= 0.3 is 0 Å². The summed E-state index contributed by atoms with van der Waals surface area (Å²) in [7, 11) is 1.62. The number of amides is 1. The van der Waals surface area contributed by atoms with Crippen LogP contribution in [0.5, 0.6) is 5.75 Å². The molecule has 1 amide bonds. The van der Waals surface area contributed by atoms with Crippen LogP contribution < -0.4 is 10.1 Å². The molecule has 1 aromatic heterocycles. The summed E-state index contributed by atoms with van der Waals surface area (Å²) >= 11 is 0. The zero-order chi connectivity index (χ0) is 16.7. The topological polar surface area (TPSA) is 76.2 Å². The Labute approximate surface area is 136 Å². The second kappa shape index (κ2) is 8.33. The van der Waals surface area contributed by atoms with Crippen LogP contribution in [-0.4, -0.2) is 36.4 Å². The maximum absolute atomic E-state index is 11.9. The second-order valence-electron chi connectivity index (χ2n) is 5.63. The smallest absolute Gasteiger partial charge is 0.227 e. The Balaban J connectivity index is 1.91.